The van der Waals surface area contributed by atoms with Crippen LogP contribution in [-0.2, 0) is 15.0 Å². The summed E-state index contributed by atoms with van der Waals surface area (Å²) in [7, 11) is 0. The second-order valence-corrected chi connectivity index (χ2v) is 4.52. The number of Topliss-reactive ketones (excluding diaryl/α,β-unsaturated/α-hetero) is 1. The summed E-state index contributed by atoms with van der Waals surface area (Å²) < 4.78 is 13.5. The number of hydrogen-bond donors (Lipinski definition) is 1. The molecule has 90 valence electrons. The van der Waals surface area contributed by atoms with E-state index < -0.39 is 17.2 Å². The fraction of sp³-hybridized carbons (Fsp3) is 0.385. The Morgan fingerprint density at radius 1 is 1.47 bits per heavy atom. The Hall–Kier alpha value is -1.71. The second-order valence-electron chi connectivity index (χ2n) is 4.52. The number of ketones is 1. The van der Waals surface area contributed by atoms with Gasteiger partial charge in [0, 0.05) is 12.8 Å². The Balaban J connectivity index is 2.58. The lowest BCUT2D eigenvalue weighted by atomic mass is 9.77. The van der Waals surface area contributed by atoms with E-state index in [1.807, 2.05) is 0 Å². The summed E-state index contributed by atoms with van der Waals surface area (Å²) in [6.07, 6.45) is 0.473. The predicted molar refractivity (Wildman–Crippen MR) is 59.3 cm³/mol. The molecule has 1 fully saturated rings. The minimum atomic E-state index is -1.23. The van der Waals surface area contributed by atoms with Crippen molar-refractivity contribution in [3.8, 4) is 0 Å². The van der Waals surface area contributed by atoms with Gasteiger partial charge >= 0.3 is 5.97 Å². The number of rotatable bonds is 2. The molecular weight excluding hydrogens is 223 g/mol. The molecule has 3 nitrogen and oxygen atoms in total. The monoisotopic (exact) mass is 236 g/mol. The standard InChI is InChI=1S/C13H13FO3/c1-8-10(3-2-4-11(8)14)13(12(16)17)6-5-9(15)7-13/h2-4H,5-7H2,1H3,(H,16,17)/t13-/m0/s1. The number of carboxylic acid groups (broad SMARTS) is 1. The van der Waals surface area contributed by atoms with Gasteiger partial charge in [-0.1, -0.05) is 12.1 Å². The van der Waals surface area contributed by atoms with Gasteiger partial charge in [0.25, 0.3) is 0 Å². The Morgan fingerprint density at radius 2 is 2.18 bits per heavy atom. The zero-order chi connectivity index (χ0) is 12.6. The van der Waals surface area contributed by atoms with Crippen molar-refractivity contribution in [1.82, 2.24) is 0 Å². The molecule has 1 aliphatic rings. The van der Waals surface area contributed by atoms with Gasteiger partial charge in [-0.05, 0) is 30.5 Å². The van der Waals surface area contributed by atoms with E-state index in [1.165, 1.54) is 12.1 Å². The molecular formula is C13H13FO3. The van der Waals surface area contributed by atoms with E-state index >= 15 is 0 Å². The SMILES string of the molecule is Cc1c(F)cccc1[C@]1(C(=O)O)CCC(=O)C1. The minimum absolute atomic E-state index is 0.0351. The number of carbonyl (C=O) groups is 2. The van der Waals surface area contributed by atoms with E-state index in [2.05, 4.69) is 0 Å². The molecule has 0 radical (unpaired) electrons. The zero-order valence-electron chi connectivity index (χ0n) is 9.50. The second kappa shape index (κ2) is 3.95. The van der Waals surface area contributed by atoms with Crippen molar-refractivity contribution in [2.75, 3.05) is 0 Å². The van der Waals surface area contributed by atoms with Crippen molar-refractivity contribution in [2.45, 2.75) is 31.6 Å². The molecule has 1 atom stereocenters. The molecule has 0 saturated heterocycles. The first kappa shape index (κ1) is 11.8. The van der Waals surface area contributed by atoms with Crippen LogP contribution in [0.5, 0.6) is 0 Å². The van der Waals surface area contributed by atoms with Crippen LogP contribution in [0, 0.1) is 12.7 Å². The van der Waals surface area contributed by atoms with Gasteiger partial charge in [-0.15, -0.1) is 0 Å². The summed E-state index contributed by atoms with van der Waals surface area (Å²) >= 11 is 0. The van der Waals surface area contributed by atoms with Crippen LogP contribution in [-0.4, -0.2) is 16.9 Å². The fourth-order valence-corrected chi connectivity index (χ4v) is 2.52. The lowest BCUT2D eigenvalue weighted by molar-refractivity contribution is -0.144. The number of halogens is 1. The van der Waals surface area contributed by atoms with Crippen molar-refractivity contribution in [3.05, 3.63) is 35.1 Å². The summed E-state index contributed by atoms with van der Waals surface area (Å²) in [4.78, 5) is 22.8. The summed E-state index contributed by atoms with van der Waals surface area (Å²) in [5.41, 5.74) is -0.482. The molecule has 1 aliphatic carbocycles. The third-order valence-electron chi connectivity index (χ3n) is 3.52. The Kier molecular flexibility index (Phi) is 2.73. The topological polar surface area (TPSA) is 54.4 Å². The maximum atomic E-state index is 13.5. The Bertz CT molecular complexity index is 495. The van der Waals surface area contributed by atoms with Crippen LogP contribution in [0.25, 0.3) is 0 Å². The quantitative estimate of drug-likeness (QED) is 0.856. The van der Waals surface area contributed by atoms with Crippen LogP contribution in [0.3, 0.4) is 0 Å². The lowest BCUT2D eigenvalue weighted by Crippen LogP contribution is -2.34. The van der Waals surface area contributed by atoms with Crippen LogP contribution in [0.4, 0.5) is 4.39 Å². The molecule has 0 spiro atoms. The Morgan fingerprint density at radius 3 is 2.71 bits per heavy atom. The van der Waals surface area contributed by atoms with E-state index in [-0.39, 0.29) is 25.0 Å². The van der Waals surface area contributed by atoms with Crippen LogP contribution in [0.15, 0.2) is 18.2 Å². The van der Waals surface area contributed by atoms with Crippen LogP contribution in [0.2, 0.25) is 0 Å². The lowest BCUT2D eigenvalue weighted by Gasteiger charge is -2.25. The number of benzene rings is 1. The number of carboxylic acids is 1. The van der Waals surface area contributed by atoms with E-state index in [0.717, 1.165) is 0 Å². The molecule has 4 heteroatoms. The summed E-state index contributed by atoms with van der Waals surface area (Å²) in [5.74, 6) is -1.55. The van der Waals surface area contributed by atoms with Gasteiger partial charge in [-0.2, -0.15) is 0 Å². The molecule has 0 aliphatic heterocycles. The summed E-state index contributed by atoms with van der Waals surface area (Å²) in [5, 5.41) is 9.38. The van der Waals surface area contributed by atoms with Crippen LogP contribution < -0.4 is 0 Å². The number of carbonyl (C=O) groups excluding carboxylic acids is 1. The van der Waals surface area contributed by atoms with Gasteiger partial charge < -0.3 is 5.11 Å². The molecule has 1 saturated carbocycles. The van der Waals surface area contributed by atoms with Gasteiger partial charge in [0.1, 0.15) is 17.0 Å². The van der Waals surface area contributed by atoms with Gasteiger partial charge in [-0.25, -0.2) is 4.39 Å². The van der Waals surface area contributed by atoms with Crippen LogP contribution in [0.1, 0.15) is 30.4 Å². The van der Waals surface area contributed by atoms with Crippen molar-refractivity contribution in [2.24, 2.45) is 0 Å². The maximum absolute atomic E-state index is 13.5. The molecule has 0 amide bonds. The highest BCUT2D eigenvalue weighted by Crippen LogP contribution is 2.41. The van der Waals surface area contributed by atoms with E-state index in [4.69, 9.17) is 0 Å². The highest BCUT2D eigenvalue weighted by molar-refractivity contribution is 5.94. The normalized spacial score (nSPS) is 24.0. The maximum Gasteiger partial charge on any atom is 0.314 e. The third kappa shape index (κ3) is 1.73. The highest BCUT2D eigenvalue weighted by Gasteiger charge is 2.47. The zero-order valence-corrected chi connectivity index (χ0v) is 9.50. The molecule has 2 rings (SSSR count). The van der Waals surface area contributed by atoms with Crippen LogP contribution >= 0.6 is 0 Å². The van der Waals surface area contributed by atoms with E-state index in [0.29, 0.717) is 11.1 Å². The molecule has 0 heterocycles. The summed E-state index contributed by atoms with van der Waals surface area (Å²) in [6.45, 7) is 1.55. The van der Waals surface area contributed by atoms with Gasteiger partial charge in [0.05, 0.1) is 0 Å². The molecule has 17 heavy (non-hydrogen) atoms. The highest BCUT2D eigenvalue weighted by atomic mass is 19.1. The Labute approximate surface area is 98.3 Å². The van der Waals surface area contributed by atoms with Crippen molar-refractivity contribution in [3.63, 3.8) is 0 Å². The molecule has 1 aromatic rings. The first-order chi connectivity index (χ1) is 7.97. The smallest absolute Gasteiger partial charge is 0.314 e. The first-order valence-corrected chi connectivity index (χ1v) is 5.48. The predicted octanol–water partition coefficient (Wildman–Crippen LogP) is 2.21. The van der Waals surface area contributed by atoms with E-state index in [1.54, 1.807) is 13.0 Å². The molecule has 1 N–H and O–H groups in total. The van der Waals surface area contributed by atoms with Crippen molar-refractivity contribution in [1.29, 1.82) is 0 Å². The van der Waals surface area contributed by atoms with Gasteiger partial charge in [0.15, 0.2) is 0 Å². The molecule has 0 unspecified atom stereocenters. The third-order valence-corrected chi connectivity index (χ3v) is 3.52. The molecule has 0 bridgehead atoms. The fourth-order valence-electron chi connectivity index (χ4n) is 2.52. The van der Waals surface area contributed by atoms with Crippen molar-refractivity contribution >= 4 is 11.8 Å². The molecule has 0 aromatic heterocycles. The van der Waals surface area contributed by atoms with E-state index in [9.17, 15) is 19.1 Å². The van der Waals surface area contributed by atoms with Crippen molar-refractivity contribution < 1.29 is 19.1 Å². The summed E-state index contributed by atoms with van der Waals surface area (Å²) in [6, 6.07) is 4.39. The largest absolute Gasteiger partial charge is 0.481 e. The molecule has 1 aromatic carbocycles. The average Bonchev–Trinajstić information content (AvgIpc) is 2.66. The van der Waals surface area contributed by atoms with Gasteiger partial charge in [-0.3, -0.25) is 9.59 Å². The number of aliphatic carboxylic acids is 1. The minimum Gasteiger partial charge on any atom is -0.481 e. The number of hydrogen-bond acceptors (Lipinski definition) is 2. The first-order valence-electron chi connectivity index (χ1n) is 5.48. The van der Waals surface area contributed by atoms with Gasteiger partial charge in [0.2, 0.25) is 0 Å². The average molecular weight is 236 g/mol.